The Kier molecular flexibility index (Phi) is 4.86. The Bertz CT molecular complexity index is 1010. The normalized spacial score (nSPS) is 12.6. The third kappa shape index (κ3) is 3.15. The smallest absolute Gasteiger partial charge is 0.149 e. The van der Waals surface area contributed by atoms with E-state index in [1.807, 2.05) is 44.2 Å². The van der Waals surface area contributed by atoms with Crippen LogP contribution in [0.1, 0.15) is 30.5 Å². The highest BCUT2D eigenvalue weighted by molar-refractivity contribution is 6.32. The summed E-state index contributed by atoms with van der Waals surface area (Å²) in [7, 11) is 0. The Morgan fingerprint density at radius 2 is 2.08 bits per heavy atom. The lowest BCUT2D eigenvalue weighted by Crippen LogP contribution is -1.94. The van der Waals surface area contributed by atoms with Crippen molar-refractivity contribution in [1.82, 2.24) is 9.97 Å². The van der Waals surface area contributed by atoms with Crippen molar-refractivity contribution >= 4 is 39.9 Å². The van der Waals surface area contributed by atoms with Gasteiger partial charge in [0.05, 0.1) is 22.4 Å². The molecule has 3 aromatic rings. The number of imidazole rings is 1. The van der Waals surface area contributed by atoms with Crippen LogP contribution in [0.15, 0.2) is 55.4 Å². The van der Waals surface area contributed by atoms with E-state index in [1.54, 1.807) is 24.5 Å². The van der Waals surface area contributed by atoms with Crippen LogP contribution in [0.25, 0.3) is 28.3 Å². The maximum atomic E-state index is 14.8. The molecule has 3 rings (SSSR count). The molecule has 0 amide bonds. The van der Waals surface area contributed by atoms with Gasteiger partial charge in [0, 0.05) is 5.56 Å². The summed E-state index contributed by atoms with van der Waals surface area (Å²) >= 11 is 6.13. The number of fused-ring (bicyclic) bond motifs is 1. The van der Waals surface area contributed by atoms with Crippen LogP contribution in [-0.4, -0.2) is 9.97 Å². The lowest BCUT2D eigenvalue weighted by molar-refractivity contribution is 0.624. The lowest BCUT2D eigenvalue weighted by atomic mass is 9.94. The SMILES string of the molecule is C=Cc1ccc(/C(C)=C(/C=C\C)c2ccc3nc[nH]c3c2)c(F)c1Cl. The fourth-order valence-electron chi connectivity index (χ4n) is 2.86. The number of hydrogen-bond acceptors (Lipinski definition) is 1. The summed E-state index contributed by atoms with van der Waals surface area (Å²) in [6.07, 6.45) is 7.12. The topological polar surface area (TPSA) is 28.7 Å². The quantitative estimate of drug-likeness (QED) is 0.421. The van der Waals surface area contributed by atoms with Crippen molar-refractivity contribution in [1.29, 1.82) is 0 Å². The van der Waals surface area contributed by atoms with Crippen LogP contribution in [0, 0.1) is 5.82 Å². The molecule has 1 heterocycles. The maximum Gasteiger partial charge on any atom is 0.149 e. The maximum absolute atomic E-state index is 14.8. The van der Waals surface area contributed by atoms with E-state index in [-0.39, 0.29) is 5.02 Å². The first-order chi connectivity index (χ1) is 12.1. The third-order valence-electron chi connectivity index (χ3n) is 4.20. The third-order valence-corrected chi connectivity index (χ3v) is 4.59. The van der Waals surface area contributed by atoms with Crippen molar-refractivity contribution < 1.29 is 4.39 Å². The monoisotopic (exact) mass is 352 g/mol. The summed E-state index contributed by atoms with van der Waals surface area (Å²) in [6, 6.07) is 9.47. The van der Waals surface area contributed by atoms with Gasteiger partial charge in [0.25, 0.3) is 0 Å². The van der Waals surface area contributed by atoms with E-state index >= 15 is 0 Å². The van der Waals surface area contributed by atoms with Gasteiger partial charge in [0.2, 0.25) is 0 Å². The van der Waals surface area contributed by atoms with E-state index < -0.39 is 5.82 Å². The molecule has 4 heteroatoms. The van der Waals surface area contributed by atoms with Gasteiger partial charge in [-0.3, -0.25) is 0 Å². The summed E-state index contributed by atoms with van der Waals surface area (Å²) in [5.74, 6) is -0.429. The second-order valence-corrected chi connectivity index (χ2v) is 6.09. The zero-order valence-corrected chi connectivity index (χ0v) is 14.9. The van der Waals surface area contributed by atoms with Crippen molar-refractivity contribution in [2.24, 2.45) is 0 Å². The number of rotatable bonds is 4. The predicted molar refractivity (Wildman–Crippen MR) is 105 cm³/mol. The van der Waals surface area contributed by atoms with Gasteiger partial charge in [-0.1, -0.05) is 54.6 Å². The Labute approximate surface area is 151 Å². The lowest BCUT2D eigenvalue weighted by Gasteiger charge is -2.13. The number of allylic oxidation sites excluding steroid dienone is 4. The molecule has 0 spiro atoms. The van der Waals surface area contributed by atoms with Crippen LogP contribution in [0.4, 0.5) is 4.39 Å². The van der Waals surface area contributed by atoms with Crippen LogP contribution in [0.3, 0.4) is 0 Å². The zero-order valence-electron chi connectivity index (χ0n) is 14.1. The highest BCUT2D eigenvalue weighted by Gasteiger charge is 2.14. The minimum absolute atomic E-state index is 0.0932. The molecule has 0 saturated carbocycles. The van der Waals surface area contributed by atoms with Crippen molar-refractivity contribution in [3.8, 4) is 0 Å². The molecular weight excluding hydrogens is 335 g/mol. The first-order valence-electron chi connectivity index (χ1n) is 7.94. The molecule has 1 aromatic heterocycles. The molecule has 25 heavy (non-hydrogen) atoms. The predicted octanol–water partition coefficient (Wildman–Crippen LogP) is 6.51. The van der Waals surface area contributed by atoms with Crippen molar-refractivity contribution in [3.05, 3.63) is 82.9 Å². The Hall–Kier alpha value is -2.65. The second-order valence-electron chi connectivity index (χ2n) is 5.71. The van der Waals surface area contributed by atoms with E-state index in [2.05, 4.69) is 16.5 Å². The molecule has 126 valence electrons. The van der Waals surface area contributed by atoms with Gasteiger partial charge >= 0.3 is 0 Å². The number of nitrogens with zero attached hydrogens (tertiary/aromatic N) is 1. The van der Waals surface area contributed by atoms with Gasteiger partial charge < -0.3 is 4.98 Å². The Morgan fingerprint density at radius 1 is 1.28 bits per heavy atom. The molecule has 0 saturated heterocycles. The van der Waals surface area contributed by atoms with E-state index in [1.165, 1.54) is 0 Å². The molecule has 0 aliphatic heterocycles. The average molecular weight is 353 g/mol. The summed E-state index contributed by atoms with van der Waals surface area (Å²) in [5, 5.41) is 0.0932. The van der Waals surface area contributed by atoms with Crippen molar-refractivity contribution in [2.75, 3.05) is 0 Å². The number of aromatic nitrogens is 2. The van der Waals surface area contributed by atoms with E-state index in [4.69, 9.17) is 11.6 Å². The number of benzene rings is 2. The Morgan fingerprint density at radius 3 is 2.80 bits per heavy atom. The van der Waals surface area contributed by atoms with E-state index in [0.29, 0.717) is 11.1 Å². The van der Waals surface area contributed by atoms with Gasteiger partial charge in [0.15, 0.2) is 0 Å². The largest absolute Gasteiger partial charge is 0.345 e. The number of hydrogen-bond donors (Lipinski definition) is 1. The minimum atomic E-state index is -0.429. The van der Waals surface area contributed by atoms with Gasteiger partial charge in [0.1, 0.15) is 5.82 Å². The van der Waals surface area contributed by atoms with Crippen molar-refractivity contribution in [2.45, 2.75) is 13.8 Å². The molecule has 2 aromatic carbocycles. The van der Waals surface area contributed by atoms with E-state index in [0.717, 1.165) is 27.7 Å². The second kappa shape index (κ2) is 7.08. The molecule has 0 unspecified atom stereocenters. The van der Waals surface area contributed by atoms with Crippen molar-refractivity contribution in [3.63, 3.8) is 0 Å². The fourth-order valence-corrected chi connectivity index (χ4v) is 3.11. The number of H-pyrrole nitrogens is 1. The highest BCUT2D eigenvalue weighted by atomic mass is 35.5. The summed E-state index contributed by atoms with van der Waals surface area (Å²) in [4.78, 5) is 7.34. The van der Waals surface area contributed by atoms with Crippen LogP contribution in [0.5, 0.6) is 0 Å². The zero-order chi connectivity index (χ0) is 18.0. The summed E-state index contributed by atoms with van der Waals surface area (Å²) < 4.78 is 14.8. The molecule has 0 bridgehead atoms. The molecule has 0 fully saturated rings. The van der Waals surface area contributed by atoms with Crippen LogP contribution >= 0.6 is 11.6 Å². The van der Waals surface area contributed by atoms with Gasteiger partial charge in [-0.25, -0.2) is 9.37 Å². The van der Waals surface area contributed by atoms with Gasteiger partial charge in [-0.2, -0.15) is 0 Å². The summed E-state index contributed by atoms with van der Waals surface area (Å²) in [5.41, 5.74) is 5.62. The highest BCUT2D eigenvalue weighted by Crippen LogP contribution is 2.33. The molecular formula is C21H18ClFN2. The van der Waals surface area contributed by atoms with Crippen LogP contribution in [0.2, 0.25) is 5.02 Å². The minimum Gasteiger partial charge on any atom is -0.345 e. The number of nitrogens with one attached hydrogen (secondary N) is 1. The van der Waals surface area contributed by atoms with Crippen LogP contribution < -0.4 is 0 Å². The fraction of sp³-hybridized carbons (Fsp3) is 0.0952. The van der Waals surface area contributed by atoms with Crippen LogP contribution in [-0.2, 0) is 0 Å². The summed E-state index contributed by atoms with van der Waals surface area (Å²) in [6.45, 7) is 7.49. The molecule has 1 N–H and O–H groups in total. The molecule has 0 atom stereocenters. The molecule has 2 nitrogen and oxygen atoms in total. The number of aromatic amines is 1. The molecule has 0 aliphatic carbocycles. The Balaban J connectivity index is 2.21. The standard InChI is InChI=1S/C21H18ClFN2/c1-4-6-16(15-8-10-18-19(11-15)25-12-24-18)13(3)17-9-7-14(5-2)20(22)21(17)23/h4-12H,2H2,1,3H3,(H,24,25)/b6-4-,16-13-. The molecule has 0 radical (unpaired) electrons. The van der Waals surface area contributed by atoms with E-state index in [9.17, 15) is 4.39 Å². The first-order valence-corrected chi connectivity index (χ1v) is 8.32. The number of halogens is 2. The van der Waals surface area contributed by atoms with Gasteiger partial charge in [-0.05, 0) is 48.3 Å². The molecule has 0 aliphatic rings. The van der Waals surface area contributed by atoms with Gasteiger partial charge in [-0.15, -0.1) is 0 Å². The average Bonchev–Trinajstić information content (AvgIpc) is 3.09. The first kappa shape index (κ1) is 17.2.